The maximum absolute atomic E-state index is 11.1. The summed E-state index contributed by atoms with van der Waals surface area (Å²) in [6, 6.07) is 0. The fourth-order valence-corrected chi connectivity index (χ4v) is 1.17. The maximum Gasteiger partial charge on any atom is 0.305 e. The Kier molecular flexibility index (Phi) is 9.76. The van der Waals surface area contributed by atoms with E-state index in [9.17, 15) is 9.59 Å². The largest absolute Gasteiger partial charge is 0.466 e. The molecule has 0 aliphatic rings. The van der Waals surface area contributed by atoms with Crippen molar-refractivity contribution in [1.82, 2.24) is 0 Å². The van der Waals surface area contributed by atoms with Crippen LogP contribution in [0.4, 0.5) is 0 Å². The van der Waals surface area contributed by atoms with Crippen LogP contribution >= 0.6 is 0 Å². The van der Waals surface area contributed by atoms with Crippen LogP contribution < -0.4 is 0 Å². The zero-order valence-corrected chi connectivity index (χ0v) is 10.3. The number of unbranched alkanes of at least 4 members (excludes halogenated alkanes) is 2. The normalized spacial score (nSPS) is 9.88. The molecule has 0 fully saturated rings. The number of ether oxygens (including phenoxy) is 2. The topological polar surface area (TPSA) is 52.6 Å². The minimum Gasteiger partial charge on any atom is -0.466 e. The van der Waals surface area contributed by atoms with Gasteiger partial charge in [-0.25, -0.2) is 0 Å². The van der Waals surface area contributed by atoms with Crippen LogP contribution in [-0.2, 0) is 19.1 Å². The van der Waals surface area contributed by atoms with Crippen molar-refractivity contribution >= 4 is 11.9 Å². The molecule has 0 saturated heterocycles. The van der Waals surface area contributed by atoms with Crippen LogP contribution in [0.25, 0.3) is 0 Å². The van der Waals surface area contributed by atoms with Crippen molar-refractivity contribution in [3.63, 3.8) is 0 Å². The van der Waals surface area contributed by atoms with Gasteiger partial charge in [0.15, 0.2) is 0 Å². The average Bonchev–Trinajstić information content (AvgIpc) is 2.25. The number of rotatable bonds is 9. The molecule has 0 heterocycles. The molecule has 16 heavy (non-hydrogen) atoms. The summed E-state index contributed by atoms with van der Waals surface area (Å²) in [6.07, 6.45) is 4.08. The van der Waals surface area contributed by atoms with E-state index >= 15 is 0 Å². The zero-order chi connectivity index (χ0) is 12.2. The van der Waals surface area contributed by atoms with E-state index in [2.05, 4.69) is 0 Å². The van der Waals surface area contributed by atoms with E-state index in [4.69, 9.17) is 9.47 Å². The van der Waals surface area contributed by atoms with E-state index in [0.717, 1.165) is 12.8 Å². The summed E-state index contributed by atoms with van der Waals surface area (Å²) >= 11 is 0. The Bertz CT molecular complexity index is 201. The van der Waals surface area contributed by atoms with Crippen LogP contribution in [0.15, 0.2) is 0 Å². The summed E-state index contributed by atoms with van der Waals surface area (Å²) in [7, 11) is 0. The summed E-state index contributed by atoms with van der Waals surface area (Å²) in [5.74, 6) is -0.362. The third-order valence-electron chi connectivity index (χ3n) is 2.08. The highest BCUT2D eigenvalue weighted by atomic mass is 16.5. The molecule has 0 atom stereocenters. The highest BCUT2D eigenvalue weighted by Crippen LogP contribution is 2.03. The van der Waals surface area contributed by atoms with Crippen molar-refractivity contribution in [1.29, 1.82) is 0 Å². The van der Waals surface area contributed by atoms with Gasteiger partial charge in [-0.3, -0.25) is 9.59 Å². The van der Waals surface area contributed by atoms with Crippen LogP contribution in [0.3, 0.4) is 0 Å². The van der Waals surface area contributed by atoms with Crippen LogP contribution in [0.5, 0.6) is 0 Å². The van der Waals surface area contributed by atoms with E-state index in [-0.39, 0.29) is 11.9 Å². The third-order valence-corrected chi connectivity index (χ3v) is 2.08. The molecule has 94 valence electrons. The highest BCUT2D eigenvalue weighted by molar-refractivity contribution is 5.70. The quantitative estimate of drug-likeness (QED) is 0.451. The van der Waals surface area contributed by atoms with Crippen molar-refractivity contribution in [2.24, 2.45) is 0 Å². The first kappa shape index (κ1) is 14.9. The minimum atomic E-state index is -0.193. The third kappa shape index (κ3) is 9.49. The van der Waals surface area contributed by atoms with Crippen molar-refractivity contribution in [2.45, 2.75) is 52.4 Å². The summed E-state index contributed by atoms with van der Waals surface area (Å²) < 4.78 is 9.76. The molecule has 4 nitrogen and oxygen atoms in total. The first-order valence-corrected chi connectivity index (χ1v) is 6.02. The van der Waals surface area contributed by atoms with Crippen molar-refractivity contribution in [3.8, 4) is 0 Å². The Morgan fingerprint density at radius 2 is 1.44 bits per heavy atom. The fraction of sp³-hybridized carbons (Fsp3) is 0.833. The van der Waals surface area contributed by atoms with Crippen LogP contribution in [0, 0.1) is 0 Å². The van der Waals surface area contributed by atoms with Gasteiger partial charge in [-0.15, -0.1) is 0 Å². The number of carbonyl (C=O) groups is 2. The van der Waals surface area contributed by atoms with E-state index in [0.29, 0.717) is 38.9 Å². The first-order chi connectivity index (χ1) is 7.70. The number of esters is 2. The molecule has 0 rings (SSSR count). The van der Waals surface area contributed by atoms with Crippen LogP contribution in [0.2, 0.25) is 0 Å². The molecule has 0 aliphatic carbocycles. The maximum atomic E-state index is 11.1. The summed E-state index contributed by atoms with van der Waals surface area (Å²) in [5.41, 5.74) is 0. The molecule has 0 spiro atoms. The first-order valence-electron chi connectivity index (χ1n) is 6.02. The highest BCUT2D eigenvalue weighted by Gasteiger charge is 2.04. The lowest BCUT2D eigenvalue weighted by Crippen LogP contribution is -2.07. The molecular formula is C12H22O4. The van der Waals surface area contributed by atoms with Crippen molar-refractivity contribution in [3.05, 3.63) is 0 Å². The van der Waals surface area contributed by atoms with Gasteiger partial charge in [0, 0.05) is 12.8 Å². The van der Waals surface area contributed by atoms with Crippen LogP contribution in [-0.4, -0.2) is 25.2 Å². The molecule has 0 bridgehead atoms. The van der Waals surface area contributed by atoms with Crippen LogP contribution in [0.1, 0.15) is 52.4 Å². The molecule has 0 aromatic rings. The second kappa shape index (κ2) is 10.5. The Labute approximate surface area is 97.3 Å². The SMILES string of the molecule is CCCCOC(=O)CCCCC(=O)OCC. The lowest BCUT2D eigenvalue weighted by molar-refractivity contribution is -0.145. The van der Waals surface area contributed by atoms with E-state index in [1.165, 1.54) is 0 Å². The van der Waals surface area contributed by atoms with Gasteiger partial charge in [0.05, 0.1) is 13.2 Å². The molecule has 0 amide bonds. The van der Waals surface area contributed by atoms with Crippen molar-refractivity contribution in [2.75, 3.05) is 13.2 Å². The molecule has 0 unspecified atom stereocenters. The smallest absolute Gasteiger partial charge is 0.305 e. The van der Waals surface area contributed by atoms with Gasteiger partial charge in [-0.05, 0) is 26.2 Å². The molecule has 4 heteroatoms. The average molecular weight is 230 g/mol. The Morgan fingerprint density at radius 3 is 1.94 bits per heavy atom. The van der Waals surface area contributed by atoms with Gasteiger partial charge in [-0.1, -0.05) is 13.3 Å². The lowest BCUT2D eigenvalue weighted by atomic mass is 10.2. The minimum absolute atomic E-state index is 0.169. The zero-order valence-electron chi connectivity index (χ0n) is 10.3. The summed E-state index contributed by atoms with van der Waals surface area (Å²) in [5, 5.41) is 0. The van der Waals surface area contributed by atoms with E-state index in [1.807, 2.05) is 6.92 Å². The molecular weight excluding hydrogens is 208 g/mol. The Hall–Kier alpha value is -1.06. The standard InChI is InChI=1S/C12H22O4/c1-3-5-10-16-12(14)9-7-6-8-11(13)15-4-2/h3-10H2,1-2H3. The Balaban J connectivity index is 3.30. The monoisotopic (exact) mass is 230 g/mol. The van der Waals surface area contributed by atoms with Gasteiger partial charge in [0.25, 0.3) is 0 Å². The Morgan fingerprint density at radius 1 is 0.875 bits per heavy atom. The van der Waals surface area contributed by atoms with Crippen molar-refractivity contribution < 1.29 is 19.1 Å². The summed E-state index contributed by atoms with van der Waals surface area (Å²) in [6.45, 7) is 4.75. The number of hydrogen-bond donors (Lipinski definition) is 0. The van der Waals surface area contributed by atoms with Gasteiger partial charge in [0.1, 0.15) is 0 Å². The molecule has 0 aromatic carbocycles. The molecule has 0 aliphatic heterocycles. The van der Waals surface area contributed by atoms with Gasteiger partial charge in [0.2, 0.25) is 0 Å². The molecule has 0 aromatic heterocycles. The second-order valence-corrected chi connectivity index (χ2v) is 3.59. The summed E-state index contributed by atoms with van der Waals surface area (Å²) in [4.78, 5) is 22.1. The lowest BCUT2D eigenvalue weighted by Gasteiger charge is -2.03. The van der Waals surface area contributed by atoms with Gasteiger partial charge in [-0.2, -0.15) is 0 Å². The van der Waals surface area contributed by atoms with E-state index < -0.39 is 0 Å². The predicted molar refractivity (Wildman–Crippen MR) is 61.0 cm³/mol. The second-order valence-electron chi connectivity index (χ2n) is 3.59. The molecule has 0 N–H and O–H groups in total. The predicted octanol–water partition coefficient (Wildman–Crippen LogP) is 2.45. The fourth-order valence-electron chi connectivity index (χ4n) is 1.17. The molecule has 0 radical (unpaired) electrons. The molecule has 0 saturated carbocycles. The number of hydrogen-bond acceptors (Lipinski definition) is 4. The van der Waals surface area contributed by atoms with Gasteiger partial charge >= 0.3 is 11.9 Å². The number of carbonyl (C=O) groups excluding carboxylic acids is 2. The van der Waals surface area contributed by atoms with E-state index in [1.54, 1.807) is 6.92 Å². The van der Waals surface area contributed by atoms with Gasteiger partial charge < -0.3 is 9.47 Å².